The van der Waals surface area contributed by atoms with Gasteiger partial charge in [0.25, 0.3) is 0 Å². The maximum atomic E-state index is 12.4. The number of aliphatic hydroxyl groups excluding tert-OH is 1. The molecule has 2 aromatic rings. The van der Waals surface area contributed by atoms with Gasteiger partial charge in [-0.15, -0.1) is 0 Å². The predicted octanol–water partition coefficient (Wildman–Crippen LogP) is 1.20. The van der Waals surface area contributed by atoms with Crippen molar-refractivity contribution in [2.75, 3.05) is 0 Å². The van der Waals surface area contributed by atoms with Crippen molar-refractivity contribution >= 4 is 5.91 Å². The van der Waals surface area contributed by atoms with Gasteiger partial charge in [0, 0.05) is 50.6 Å². The molecule has 0 radical (unpaired) electrons. The van der Waals surface area contributed by atoms with Crippen molar-refractivity contribution in [3.63, 3.8) is 0 Å². The second-order valence-corrected chi connectivity index (χ2v) is 6.52. The lowest BCUT2D eigenvalue weighted by atomic mass is 9.75. The van der Waals surface area contributed by atoms with E-state index in [4.69, 9.17) is 0 Å². The van der Waals surface area contributed by atoms with Gasteiger partial charge >= 0.3 is 0 Å². The van der Waals surface area contributed by atoms with E-state index >= 15 is 0 Å². The largest absolute Gasteiger partial charge is 0.393 e. The van der Waals surface area contributed by atoms with Crippen molar-refractivity contribution in [1.29, 1.82) is 0 Å². The van der Waals surface area contributed by atoms with E-state index in [-0.39, 0.29) is 24.0 Å². The molecule has 3 rings (SSSR count). The Morgan fingerprint density at radius 2 is 2.29 bits per heavy atom. The molecule has 0 saturated heterocycles. The quantitative estimate of drug-likeness (QED) is 0.798. The Hall–Kier alpha value is -2.15. The molecule has 2 N–H and O–H groups in total. The van der Waals surface area contributed by atoms with Gasteiger partial charge in [-0.2, -0.15) is 5.10 Å². The molecule has 130 valence electrons. The van der Waals surface area contributed by atoms with E-state index < -0.39 is 0 Å². The van der Waals surface area contributed by atoms with Crippen LogP contribution in [0.15, 0.2) is 24.8 Å². The molecule has 1 saturated carbocycles. The Balaban J connectivity index is 1.61. The average molecular weight is 331 g/mol. The number of aromatic nitrogens is 4. The van der Waals surface area contributed by atoms with Crippen LogP contribution in [-0.2, 0) is 24.8 Å². The molecule has 1 amide bonds. The zero-order valence-corrected chi connectivity index (χ0v) is 14.2. The van der Waals surface area contributed by atoms with Crippen molar-refractivity contribution in [2.24, 2.45) is 13.0 Å². The Morgan fingerprint density at radius 1 is 1.50 bits per heavy atom. The van der Waals surface area contributed by atoms with Crippen LogP contribution in [0, 0.1) is 5.92 Å². The van der Waals surface area contributed by atoms with Gasteiger partial charge in [0.05, 0.1) is 18.3 Å². The lowest BCUT2D eigenvalue weighted by molar-refractivity contribution is -0.123. The highest BCUT2D eigenvalue weighted by Gasteiger charge is 2.36. The molecule has 7 heteroatoms. The van der Waals surface area contributed by atoms with Crippen molar-refractivity contribution < 1.29 is 9.90 Å². The van der Waals surface area contributed by atoms with Crippen LogP contribution in [0.2, 0.25) is 0 Å². The molecule has 1 atom stereocenters. The number of nitrogens with one attached hydrogen (secondary N) is 1. The molecule has 0 aliphatic heterocycles. The van der Waals surface area contributed by atoms with E-state index in [1.807, 2.05) is 24.0 Å². The summed E-state index contributed by atoms with van der Waals surface area (Å²) in [5.41, 5.74) is 1.000. The first kappa shape index (κ1) is 16.7. The fourth-order valence-corrected chi connectivity index (χ4v) is 3.30. The maximum Gasteiger partial charge on any atom is 0.222 e. The molecule has 7 nitrogen and oxygen atoms in total. The monoisotopic (exact) mass is 331 g/mol. The molecule has 0 unspecified atom stereocenters. The Morgan fingerprint density at radius 3 is 2.92 bits per heavy atom. The smallest absolute Gasteiger partial charge is 0.222 e. The van der Waals surface area contributed by atoms with Crippen molar-refractivity contribution in [3.8, 4) is 0 Å². The van der Waals surface area contributed by atoms with Gasteiger partial charge in [-0.3, -0.25) is 9.48 Å². The summed E-state index contributed by atoms with van der Waals surface area (Å²) < 4.78 is 3.76. The van der Waals surface area contributed by atoms with Gasteiger partial charge in [-0.1, -0.05) is 6.92 Å². The highest BCUT2D eigenvalue weighted by molar-refractivity contribution is 5.76. The molecule has 2 heterocycles. The van der Waals surface area contributed by atoms with E-state index in [1.54, 1.807) is 17.1 Å². The molecule has 0 aromatic carbocycles. The number of carbonyl (C=O) groups is 1. The third-order valence-corrected chi connectivity index (χ3v) is 4.72. The van der Waals surface area contributed by atoms with Crippen LogP contribution >= 0.6 is 0 Å². The molecule has 1 aliphatic carbocycles. The predicted molar refractivity (Wildman–Crippen MR) is 89.0 cm³/mol. The first-order chi connectivity index (χ1) is 11.6. The summed E-state index contributed by atoms with van der Waals surface area (Å²) in [4.78, 5) is 16.7. The third kappa shape index (κ3) is 3.67. The zero-order chi connectivity index (χ0) is 17.1. The van der Waals surface area contributed by atoms with Crippen LogP contribution in [-0.4, -0.2) is 36.4 Å². The number of hydrogen-bond acceptors (Lipinski definition) is 4. The van der Waals surface area contributed by atoms with Crippen LogP contribution in [0.4, 0.5) is 0 Å². The molecular weight excluding hydrogens is 306 g/mol. The number of aliphatic hydroxyl groups is 1. The first-order valence-corrected chi connectivity index (χ1v) is 8.52. The minimum Gasteiger partial charge on any atom is -0.393 e. The molecule has 0 spiro atoms. The molecule has 1 aliphatic rings. The lowest BCUT2D eigenvalue weighted by Crippen LogP contribution is -2.41. The van der Waals surface area contributed by atoms with E-state index in [0.29, 0.717) is 13.0 Å². The Bertz CT molecular complexity index is 687. The molecule has 0 bridgehead atoms. The summed E-state index contributed by atoms with van der Waals surface area (Å²) in [6.07, 6.45) is 9.87. The van der Waals surface area contributed by atoms with E-state index in [2.05, 4.69) is 22.3 Å². The highest BCUT2D eigenvalue weighted by Crippen LogP contribution is 2.37. The number of carbonyl (C=O) groups excluding carboxylic acids is 1. The van der Waals surface area contributed by atoms with Gasteiger partial charge in [0.2, 0.25) is 5.91 Å². The molecule has 1 fully saturated rings. The first-order valence-electron chi connectivity index (χ1n) is 8.52. The van der Waals surface area contributed by atoms with Gasteiger partial charge in [0.15, 0.2) is 0 Å². The van der Waals surface area contributed by atoms with Gasteiger partial charge in [-0.25, -0.2) is 4.98 Å². The number of hydrogen-bond donors (Lipinski definition) is 2. The average Bonchev–Trinajstić information content (AvgIpc) is 3.16. The fourth-order valence-electron chi connectivity index (χ4n) is 3.30. The zero-order valence-electron chi connectivity index (χ0n) is 14.2. The van der Waals surface area contributed by atoms with Crippen LogP contribution in [0.25, 0.3) is 0 Å². The van der Waals surface area contributed by atoms with Crippen LogP contribution in [0.5, 0.6) is 0 Å². The van der Waals surface area contributed by atoms with E-state index in [9.17, 15) is 9.90 Å². The van der Waals surface area contributed by atoms with Gasteiger partial charge in [0.1, 0.15) is 5.82 Å². The number of aryl methyl sites for hydroxylation is 3. The molecule has 24 heavy (non-hydrogen) atoms. The third-order valence-electron chi connectivity index (χ3n) is 4.72. The summed E-state index contributed by atoms with van der Waals surface area (Å²) in [6, 6.07) is -0.0805. The van der Waals surface area contributed by atoms with Gasteiger partial charge in [-0.05, 0) is 18.8 Å². The van der Waals surface area contributed by atoms with Crippen LogP contribution < -0.4 is 5.32 Å². The number of amides is 1. The maximum absolute atomic E-state index is 12.4. The second-order valence-electron chi connectivity index (χ2n) is 6.52. The van der Waals surface area contributed by atoms with Gasteiger partial charge < -0.3 is 15.0 Å². The van der Waals surface area contributed by atoms with Crippen LogP contribution in [0.3, 0.4) is 0 Å². The fraction of sp³-hybridized carbons (Fsp3) is 0.588. The minimum absolute atomic E-state index is 0.0148. The molecular formula is C17H25N5O2. The second kappa shape index (κ2) is 7.17. The minimum atomic E-state index is -0.246. The standard InChI is InChI=1S/C17H25N5O2/c1-3-15-18-5-7-22(15)6-4-16(24)20-17(12-8-14(23)9-12)13-10-19-21(2)11-13/h5,7,10-12,14,17,23H,3-4,6,8-9H2,1-2H3,(H,20,24)/t12?,14?,17-/m0/s1. The normalized spacial score (nSPS) is 21.3. The topological polar surface area (TPSA) is 85.0 Å². The Kier molecular flexibility index (Phi) is 4.99. The van der Waals surface area contributed by atoms with E-state index in [0.717, 1.165) is 30.7 Å². The van der Waals surface area contributed by atoms with Crippen LogP contribution in [0.1, 0.15) is 43.6 Å². The summed E-state index contributed by atoms with van der Waals surface area (Å²) in [6.45, 7) is 2.68. The molecule has 2 aromatic heterocycles. The number of rotatable bonds is 7. The summed E-state index contributed by atoms with van der Waals surface area (Å²) in [5.74, 6) is 1.28. The van der Waals surface area contributed by atoms with Crippen molar-refractivity contribution in [1.82, 2.24) is 24.6 Å². The number of imidazole rings is 1. The summed E-state index contributed by atoms with van der Waals surface area (Å²) in [5, 5.41) is 16.9. The SMILES string of the molecule is CCc1nccn1CCC(=O)N[C@H](c1cnn(C)c1)C1CC(O)C1. The van der Waals surface area contributed by atoms with E-state index in [1.165, 1.54) is 0 Å². The Labute approximate surface area is 141 Å². The number of nitrogens with zero attached hydrogens (tertiary/aromatic N) is 4. The highest BCUT2D eigenvalue weighted by atomic mass is 16.3. The summed E-state index contributed by atoms with van der Waals surface area (Å²) in [7, 11) is 1.86. The summed E-state index contributed by atoms with van der Waals surface area (Å²) >= 11 is 0. The lowest BCUT2D eigenvalue weighted by Gasteiger charge is -2.37. The van der Waals surface area contributed by atoms with Crippen molar-refractivity contribution in [3.05, 3.63) is 36.2 Å². The van der Waals surface area contributed by atoms with Crippen molar-refractivity contribution in [2.45, 2.75) is 51.3 Å².